The molecule has 21 heavy (non-hydrogen) atoms. The summed E-state index contributed by atoms with van der Waals surface area (Å²) in [6.07, 6.45) is 0. The van der Waals surface area contributed by atoms with Gasteiger partial charge in [0, 0.05) is 5.41 Å². The summed E-state index contributed by atoms with van der Waals surface area (Å²) >= 11 is 6.14. The van der Waals surface area contributed by atoms with Gasteiger partial charge in [-0.25, -0.2) is 9.97 Å². The van der Waals surface area contributed by atoms with Gasteiger partial charge in [-0.15, -0.1) is 0 Å². The van der Waals surface area contributed by atoms with E-state index in [1.807, 2.05) is 39.0 Å². The first-order valence-corrected chi connectivity index (χ1v) is 7.32. The van der Waals surface area contributed by atoms with Gasteiger partial charge in [0.15, 0.2) is 11.0 Å². The highest BCUT2D eigenvalue weighted by molar-refractivity contribution is 6.32. The van der Waals surface area contributed by atoms with E-state index >= 15 is 0 Å². The smallest absolute Gasteiger partial charge is 0.157 e. The Balaban J connectivity index is 2.33. The second-order valence-corrected chi connectivity index (χ2v) is 6.49. The number of nitrogens with one attached hydrogen (secondary N) is 1. The molecule has 4 nitrogen and oxygen atoms in total. The van der Waals surface area contributed by atoms with Crippen molar-refractivity contribution in [3.8, 4) is 0 Å². The Morgan fingerprint density at radius 1 is 1.14 bits per heavy atom. The Bertz CT molecular complexity index is 620. The molecule has 3 N–H and O–H groups in total. The molecule has 0 saturated carbocycles. The zero-order chi connectivity index (χ0) is 15.6. The maximum atomic E-state index is 6.14. The minimum absolute atomic E-state index is 0.0762. The van der Waals surface area contributed by atoms with E-state index in [0.29, 0.717) is 17.3 Å². The van der Waals surface area contributed by atoms with Gasteiger partial charge in [-0.1, -0.05) is 62.7 Å². The topological polar surface area (TPSA) is 63.8 Å². The van der Waals surface area contributed by atoms with Gasteiger partial charge in [0.2, 0.25) is 0 Å². The molecule has 0 aliphatic rings. The van der Waals surface area contributed by atoms with E-state index in [-0.39, 0.29) is 16.6 Å². The normalized spacial score (nSPS) is 13.0. The zero-order valence-electron chi connectivity index (χ0n) is 12.8. The van der Waals surface area contributed by atoms with Crippen LogP contribution in [0.15, 0.2) is 30.3 Å². The van der Waals surface area contributed by atoms with Crippen molar-refractivity contribution in [2.75, 3.05) is 11.1 Å². The zero-order valence-corrected chi connectivity index (χ0v) is 13.6. The van der Waals surface area contributed by atoms with Gasteiger partial charge in [0.05, 0.1) is 6.04 Å². The van der Waals surface area contributed by atoms with Gasteiger partial charge in [0.1, 0.15) is 11.5 Å². The SMILES string of the molecule is CC(Nc1nc(C(C)(C)C)nc(Cl)c1N)c1ccccc1. The quantitative estimate of drug-likeness (QED) is 0.835. The monoisotopic (exact) mass is 304 g/mol. The van der Waals surface area contributed by atoms with E-state index in [1.54, 1.807) is 0 Å². The predicted molar refractivity (Wildman–Crippen MR) is 88.6 cm³/mol. The Kier molecular flexibility index (Phi) is 4.37. The summed E-state index contributed by atoms with van der Waals surface area (Å²) in [4.78, 5) is 8.81. The average Bonchev–Trinajstić information content (AvgIpc) is 2.43. The number of hydrogen-bond acceptors (Lipinski definition) is 4. The van der Waals surface area contributed by atoms with Crippen molar-refractivity contribution in [3.05, 3.63) is 46.9 Å². The molecule has 112 valence electrons. The number of halogens is 1. The maximum Gasteiger partial charge on any atom is 0.157 e. The van der Waals surface area contributed by atoms with Crippen LogP contribution in [0.4, 0.5) is 11.5 Å². The third-order valence-electron chi connectivity index (χ3n) is 3.22. The van der Waals surface area contributed by atoms with Crippen LogP contribution in [0.25, 0.3) is 0 Å². The number of anilines is 2. The minimum atomic E-state index is -0.191. The molecule has 0 aliphatic heterocycles. The molecule has 0 fully saturated rings. The van der Waals surface area contributed by atoms with E-state index in [2.05, 4.69) is 34.3 Å². The number of hydrogen-bond donors (Lipinski definition) is 2. The number of aromatic nitrogens is 2. The van der Waals surface area contributed by atoms with Crippen molar-refractivity contribution in [3.63, 3.8) is 0 Å². The molecular weight excluding hydrogens is 284 g/mol. The van der Waals surface area contributed by atoms with Gasteiger partial charge in [-0.2, -0.15) is 0 Å². The summed E-state index contributed by atoms with van der Waals surface area (Å²) in [5, 5.41) is 3.61. The van der Waals surface area contributed by atoms with Crippen molar-refractivity contribution >= 4 is 23.1 Å². The average molecular weight is 305 g/mol. The van der Waals surface area contributed by atoms with Crippen molar-refractivity contribution in [1.82, 2.24) is 9.97 Å². The Morgan fingerprint density at radius 3 is 2.33 bits per heavy atom. The maximum absolute atomic E-state index is 6.14. The summed E-state index contributed by atoms with van der Waals surface area (Å²) in [7, 11) is 0. The van der Waals surface area contributed by atoms with Gasteiger partial charge in [0.25, 0.3) is 0 Å². The molecule has 1 heterocycles. The molecule has 1 aromatic carbocycles. The van der Waals surface area contributed by atoms with Crippen LogP contribution in [0.2, 0.25) is 5.15 Å². The van der Waals surface area contributed by atoms with E-state index in [4.69, 9.17) is 17.3 Å². The van der Waals surface area contributed by atoms with E-state index in [9.17, 15) is 0 Å². The highest BCUT2D eigenvalue weighted by Gasteiger charge is 2.21. The van der Waals surface area contributed by atoms with Crippen molar-refractivity contribution in [1.29, 1.82) is 0 Å². The number of benzene rings is 1. The summed E-state index contributed by atoms with van der Waals surface area (Å²) in [5.41, 5.74) is 7.35. The van der Waals surface area contributed by atoms with E-state index < -0.39 is 0 Å². The number of nitrogens with zero attached hydrogens (tertiary/aromatic N) is 2. The lowest BCUT2D eigenvalue weighted by atomic mass is 9.96. The van der Waals surface area contributed by atoms with Gasteiger partial charge < -0.3 is 11.1 Å². The lowest BCUT2D eigenvalue weighted by Gasteiger charge is -2.21. The fourth-order valence-corrected chi connectivity index (χ4v) is 2.09. The summed E-state index contributed by atoms with van der Waals surface area (Å²) in [5.74, 6) is 1.25. The standard InChI is InChI=1S/C16H21ClN4/c1-10(11-8-6-5-7-9-11)19-14-12(18)13(17)20-15(21-14)16(2,3)4/h5-10H,18H2,1-4H3,(H,19,20,21). The summed E-state index contributed by atoms with van der Waals surface area (Å²) in [6, 6.07) is 10.2. The Morgan fingerprint density at radius 2 is 1.76 bits per heavy atom. The number of nitrogens with two attached hydrogens (primary N) is 1. The molecule has 0 amide bonds. The van der Waals surface area contributed by atoms with E-state index in [0.717, 1.165) is 5.56 Å². The first-order chi connectivity index (χ1) is 9.79. The first kappa shape index (κ1) is 15.6. The fourth-order valence-electron chi connectivity index (χ4n) is 1.92. The fraction of sp³-hybridized carbons (Fsp3) is 0.375. The highest BCUT2D eigenvalue weighted by atomic mass is 35.5. The Hall–Kier alpha value is -1.81. The van der Waals surface area contributed by atoms with Crippen LogP contribution in [-0.4, -0.2) is 9.97 Å². The third-order valence-corrected chi connectivity index (χ3v) is 3.51. The van der Waals surface area contributed by atoms with E-state index in [1.165, 1.54) is 0 Å². The van der Waals surface area contributed by atoms with Crippen LogP contribution in [0.1, 0.15) is 45.1 Å². The molecule has 0 bridgehead atoms. The van der Waals surface area contributed by atoms with Crippen molar-refractivity contribution in [2.45, 2.75) is 39.2 Å². The van der Waals surface area contributed by atoms with Crippen LogP contribution in [0.3, 0.4) is 0 Å². The van der Waals surface area contributed by atoms with Crippen LogP contribution in [-0.2, 0) is 5.41 Å². The molecule has 0 saturated heterocycles. The predicted octanol–water partition coefficient (Wildman–Crippen LogP) is 4.18. The summed E-state index contributed by atoms with van der Waals surface area (Å²) < 4.78 is 0. The second kappa shape index (κ2) is 5.90. The molecule has 1 atom stereocenters. The lowest BCUT2D eigenvalue weighted by Crippen LogP contribution is -2.19. The molecule has 5 heteroatoms. The lowest BCUT2D eigenvalue weighted by molar-refractivity contribution is 0.546. The molecule has 0 spiro atoms. The number of nitrogen functional groups attached to an aromatic ring is 1. The van der Waals surface area contributed by atoms with Gasteiger partial charge in [-0.05, 0) is 12.5 Å². The molecule has 1 aromatic heterocycles. The minimum Gasteiger partial charge on any atom is -0.393 e. The van der Waals surface area contributed by atoms with Crippen LogP contribution < -0.4 is 11.1 Å². The van der Waals surface area contributed by atoms with Crippen molar-refractivity contribution in [2.24, 2.45) is 0 Å². The molecule has 0 aliphatic carbocycles. The molecule has 2 aromatic rings. The summed E-state index contributed by atoms with van der Waals surface area (Å²) in [6.45, 7) is 8.18. The van der Waals surface area contributed by atoms with Gasteiger partial charge in [-0.3, -0.25) is 0 Å². The largest absolute Gasteiger partial charge is 0.393 e. The second-order valence-electron chi connectivity index (χ2n) is 6.13. The van der Waals surface area contributed by atoms with Crippen LogP contribution in [0, 0.1) is 0 Å². The molecular formula is C16H21ClN4. The van der Waals surface area contributed by atoms with Crippen molar-refractivity contribution < 1.29 is 0 Å². The van der Waals surface area contributed by atoms with Crippen LogP contribution in [0.5, 0.6) is 0 Å². The molecule has 0 radical (unpaired) electrons. The molecule has 1 unspecified atom stereocenters. The van der Waals surface area contributed by atoms with Crippen LogP contribution >= 0.6 is 11.6 Å². The first-order valence-electron chi connectivity index (χ1n) is 6.94. The van der Waals surface area contributed by atoms with Gasteiger partial charge >= 0.3 is 0 Å². The molecule has 2 rings (SSSR count). The number of rotatable bonds is 3. The highest BCUT2D eigenvalue weighted by Crippen LogP contribution is 2.30. The third kappa shape index (κ3) is 3.64. The Labute approximate surface area is 130 Å².